The lowest BCUT2D eigenvalue weighted by molar-refractivity contribution is 0.480. The van der Waals surface area contributed by atoms with Gasteiger partial charge in [0.2, 0.25) is 0 Å². The van der Waals surface area contributed by atoms with Crippen LogP contribution >= 0.6 is 0 Å². The number of rotatable bonds is 17. The van der Waals surface area contributed by atoms with Gasteiger partial charge in [-0.15, -0.1) is 0 Å². The third-order valence-electron chi connectivity index (χ3n) is 7.91. The van der Waals surface area contributed by atoms with Gasteiger partial charge in [0.15, 0.2) is 0 Å². The molecule has 0 aromatic heterocycles. The van der Waals surface area contributed by atoms with Crippen LogP contribution in [0.2, 0.25) is 0 Å². The summed E-state index contributed by atoms with van der Waals surface area (Å²) in [7, 11) is 1.99. The number of benzene rings is 2. The van der Waals surface area contributed by atoms with Crippen molar-refractivity contribution < 1.29 is 0 Å². The minimum atomic E-state index is 0.963. The third kappa shape index (κ3) is 18.1. The summed E-state index contributed by atoms with van der Waals surface area (Å²) in [5.74, 6) is 0.963. The molecule has 0 spiro atoms. The molecular weight excluding hydrogens is 506 g/mol. The third-order valence-corrected chi connectivity index (χ3v) is 7.91. The van der Waals surface area contributed by atoms with E-state index in [0.29, 0.717) is 0 Å². The molecule has 0 saturated heterocycles. The molecule has 0 unspecified atom stereocenters. The quantitative estimate of drug-likeness (QED) is 0.134. The predicted molar refractivity (Wildman–Crippen MR) is 193 cm³/mol. The van der Waals surface area contributed by atoms with Gasteiger partial charge in [0.25, 0.3) is 0 Å². The van der Waals surface area contributed by atoms with Crippen LogP contribution in [0.4, 0.5) is 0 Å². The van der Waals surface area contributed by atoms with Gasteiger partial charge in [0.05, 0.1) is 0 Å². The molecule has 2 rings (SSSR count). The smallest absolute Gasteiger partial charge is 0.0106 e. The number of unbranched alkanes of at least 4 members (excludes halogenated alkanes) is 4. The Morgan fingerprint density at radius 1 is 0.786 bits per heavy atom. The average Bonchev–Trinajstić information content (AvgIpc) is 2.99. The zero-order chi connectivity index (χ0) is 31.8. The van der Waals surface area contributed by atoms with Gasteiger partial charge in [-0.25, -0.2) is 0 Å². The highest BCUT2D eigenvalue weighted by Gasteiger charge is 2.06. The van der Waals surface area contributed by atoms with Crippen LogP contribution in [-0.2, 0) is 12.8 Å². The van der Waals surface area contributed by atoms with E-state index >= 15 is 0 Å². The lowest BCUT2D eigenvalue weighted by Crippen LogP contribution is -2.01. The van der Waals surface area contributed by atoms with Crippen LogP contribution in [0.15, 0.2) is 79.2 Å². The van der Waals surface area contributed by atoms with Crippen LogP contribution in [-0.4, -0.2) is 11.9 Å². The van der Waals surface area contributed by atoms with Gasteiger partial charge in [-0.3, -0.25) is 0 Å². The Kier molecular flexibility index (Phi) is 23.5. The van der Waals surface area contributed by atoms with Crippen LogP contribution in [0, 0.1) is 12.8 Å². The molecule has 0 aliphatic heterocycles. The lowest BCUT2D eigenvalue weighted by atomic mass is 9.94. The van der Waals surface area contributed by atoms with Crippen LogP contribution in [0.3, 0.4) is 0 Å². The molecule has 0 heterocycles. The van der Waals surface area contributed by atoms with E-state index in [1.54, 1.807) is 6.20 Å². The van der Waals surface area contributed by atoms with Gasteiger partial charge >= 0.3 is 0 Å². The Morgan fingerprint density at radius 3 is 1.90 bits per heavy atom. The van der Waals surface area contributed by atoms with Crippen LogP contribution < -0.4 is 0 Å². The normalized spacial score (nSPS) is 10.9. The van der Waals surface area contributed by atoms with E-state index in [1.807, 2.05) is 11.9 Å². The molecular formula is C41H67N. The van der Waals surface area contributed by atoms with Gasteiger partial charge in [-0.2, -0.15) is 0 Å². The van der Waals surface area contributed by atoms with Crippen molar-refractivity contribution in [2.24, 2.45) is 5.92 Å². The summed E-state index contributed by atoms with van der Waals surface area (Å²) in [6, 6.07) is 16.0. The highest BCUT2D eigenvalue weighted by Crippen LogP contribution is 2.27. The summed E-state index contributed by atoms with van der Waals surface area (Å²) in [5, 5.41) is 0. The van der Waals surface area contributed by atoms with Crippen LogP contribution in [0.25, 0.3) is 11.1 Å². The molecule has 0 aliphatic rings. The van der Waals surface area contributed by atoms with Crippen LogP contribution in [0.5, 0.6) is 0 Å². The molecule has 0 aliphatic carbocycles. The molecule has 2 aromatic carbocycles. The maximum Gasteiger partial charge on any atom is 0.0106 e. The SMILES string of the molecule is C=CN(C)/C=C(\C)C(=C)CCc1ccc(C)c(-c2ccc(CCCCCC)cc2)c1.CCCC.CCCC(C)CCC. The van der Waals surface area contributed by atoms with Crippen molar-refractivity contribution in [2.75, 3.05) is 7.05 Å². The predicted octanol–water partition coefficient (Wildman–Crippen LogP) is 13.3. The molecule has 1 heteroatoms. The van der Waals surface area contributed by atoms with Gasteiger partial charge in [-0.1, -0.05) is 161 Å². The molecule has 42 heavy (non-hydrogen) atoms. The van der Waals surface area contributed by atoms with E-state index in [0.717, 1.165) is 18.8 Å². The maximum atomic E-state index is 4.27. The average molecular weight is 574 g/mol. The van der Waals surface area contributed by atoms with Crippen molar-refractivity contribution >= 4 is 0 Å². The Balaban J connectivity index is 0.00000118. The Hall–Kier alpha value is -2.54. The summed E-state index contributed by atoms with van der Waals surface area (Å²) in [6.45, 7) is 25.9. The first-order valence-electron chi connectivity index (χ1n) is 17.1. The monoisotopic (exact) mass is 574 g/mol. The fraction of sp³-hybridized carbons (Fsp3) is 0.561. The first kappa shape index (κ1) is 39.5. The van der Waals surface area contributed by atoms with Crippen molar-refractivity contribution in [1.29, 1.82) is 0 Å². The minimum Gasteiger partial charge on any atom is -0.358 e. The van der Waals surface area contributed by atoms with Crippen molar-refractivity contribution in [3.63, 3.8) is 0 Å². The maximum absolute atomic E-state index is 4.27. The zero-order valence-electron chi connectivity index (χ0n) is 29.3. The second-order valence-electron chi connectivity index (χ2n) is 12.1. The Labute approximate surface area is 263 Å². The van der Waals surface area contributed by atoms with E-state index < -0.39 is 0 Å². The van der Waals surface area contributed by atoms with Gasteiger partial charge in [0, 0.05) is 13.2 Å². The van der Waals surface area contributed by atoms with Crippen molar-refractivity contribution in [3.8, 4) is 11.1 Å². The number of hydrogen-bond donors (Lipinski definition) is 0. The van der Waals surface area contributed by atoms with Crippen molar-refractivity contribution in [2.45, 2.75) is 139 Å². The largest absolute Gasteiger partial charge is 0.358 e. The van der Waals surface area contributed by atoms with Gasteiger partial charge < -0.3 is 4.90 Å². The van der Waals surface area contributed by atoms with E-state index in [1.165, 1.54) is 110 Å². The lowest BCUT2D eigenvalue weighted by Gasteiger charge is -2.13. The van der Waals surface area contributed by atoms with Crippen LogP contribution in [0.1, 0.15) is 136 Å². The molecule has 2 aromatic rings. The fourth-order valence-corrected chi connectivity index (χ4v) is 4.81. The fourth-order valence-electron chi connectivity index (χ4n) is 4.81. The molecule has 0 fully saturated rings. The molecule has 0 N–H and O–H groups in total. The molecule has 1 nitrogen and oxygen atoms in total. The first-order valence-corrected chi connectivity index (χ1v) is 17.1. The van der Waals surface area contributed by atoms with Crippen molar-refractivity contribution in [1.82, 2.24) is 4.90 Å². The van der Waals surface area contributed by atoms with Crippen molar-refractivity contribution in [3.05, 3.63) is 95.9 Å². The molecule has 236 valence electrons. The summed E-state index contributed by atoms with van der Waals surface area (Å²) in [5.41, 5.74) is 9.19. The Morgan fingerprint density at radius 2 is 1.38 bits per heavy atom. The second-order valence-corrected chi connectivity index (χ2v) is 12.1. The zero-order valence-corrected chi connectivity index (χ0v) is 29.3. The van der Waals surface area contributed by atoms with E-state index in [9.17, 15) is 0 Å². The molecule has 0 radical (unpaired) electrons. The minimum absolute atomic E-state index is 0.963. The van der Waals surface area contributed by atoms with Gasteiger partial charge in [0.1, 0.15) is 0 Å². The Bertz CT molecular complexity index is 986. The summed E-state index contributed by atoms with van der Waals surface area (Å²) in [6.07, 6.45) is 20.5. The summed E-state index contributed by atoms with van der Waals surface area (Å²) < 4.78 is 0. The molecule has 0 saturated carbocycles. The number of hydrogen-bond acceptors (Lipinski definition) is 1. The number of nitrogens with zero attached hydrogens (tertiary/aromatic N) is 1. The molecule has 0 bridgehead atoms. The highest BCUT2D eigenvalue weighted by molar-refractivity contribution is 5.68. The number of aryl methyl sites for hydroxylation is 3. The second kappa shape index (κ2) is 25.0. The number of allylic oxidation sites excluding steroid dienone is 2. The van der Waals surface area contributed by atoms with E-state index in [-0.39, 0.29) is 0 Å². The van der Waals surface area contributed by atoms with E-state index in [2.05, 4.69) is 117 Å². The molecule has 0 amide bonds. The first-order chi connectivity index (χ1) is 20.2. The topological polar surface area (TPSA) is 3.24 Å². The summed E-state index contributed by atoms with van der Waals surface area (Å²) in [4.78, 5) is 1.97. The van der Waals surface area contributed by atoms with E-state index in [4.69, 9.17) is 0 Å². The highest BCUT2D eigenvalue weighted by atomic mass is 15.0. The van der Waals surface area contributed by atoms with Gasteiger partial charge in [-0.05, 0) is 85.0 Å². The standard InChI is InChI=1S/C29H39N.C8H18.C4H10/c1-7-9-10-11-12-26-17-19-28(20-18-26)29-21-27(16-14-24(29)4)15-13-23(3)25(5)22-30(6)8-2;1-4-6-8(3)7-5-2;1-3-4-2/h8,14,16-22H,2-3,7,9-13,15H2,1,4-6H3;8H,4-7H2,1-3H3;3-4H2,1-2H3/b25-22+;;. The molecule has 0 atom stereocenters. The summed E-state index contributed by atoms with van der Waals surface area (Å²) >= 11 is 0.